The van der Waals surface area contributed by atoms with Crippen molar-refractivity contribution in [2.24, 2.45) is 23.5 Å². The number of aromatic nitrogens is 1. The molecule has 2 aromatic carbocycles. The Balaban J connectivity index is 1.64. The zero-order chi connectivity index (χ0) is 44.3. The number of esters is 3. The number of amidine groups is 1. The van der Waals surface area contributed by atoms with E-state index in [9.17, 15) is 28.8 Å². The summed E-state index contributed by atoms with van der Waals surface area (Å²) in [6.45, 7) is 13.9. The lowest BCUT2D eigenvalue weighted by Gasteiger charge is -2.21. The van der Waals surface area contributed by atoms with Crippen LogP contribution in [0.4, 0.5) is 10.5 Å². The molecule has 4 rings (SSSR count). The van der Waals surface area contributed by atoms with E-state index in [1.165, 1.54) is 75.6 Å². The summed E-state index contributed by atoms with van der Waals surface area (Å²) >= 11 is 0. The number of rotatable bonds is 18. The van der Waals surface area contributed by atoms with Crippen molar-refractivity contribution < 1.29 is 52.5 Å². The molecule has 3 aromatic rings. The van der Waals surface area contributed by atoms with E-state index >= 15 is 0 Å². The molecule has 1 aliphatic carbocycles. The largest absolute Gasteiger partial charge is 0.496 e. The Labute approximate surface area is 348 Å². The maximum Gasteiger partial charge on any atom is 0.415 e. The predicted octanol–water partition coefficient (Wildman–Crippen LogP) is 5.81. The van der Waals surface area contributed by atoms with E-state index in [0.717, 1.165) is 12.8 Å². The minimum Gasteiger partial charge on any atom is -0.496 e. The number of methoxy groups -OCH3 is 1. The van der Waals surface area contributed by atoms with Crippen LogP contribution in [0.15, 0.2) is 55.1 Å². The Hall–Kier alpha value is -6.62. The number of alkyl carbamates (subject to hydrolysis) is 1. The fraction of sp³-hybridized carbons (Fsp3) is 0.395. The van der Waals surface area contributed by atoms with Gasteiger partial charge < -0.3 is 40.1 Å². The molecule has 0 radical (unpaired) electrons. The van der Waals surface area contributed by atoms with Gasteiger partial charge in [-0.15, -0.1) is 0 Å². The van der Waals surface area contributed by atoms with Crippen LogP contribution in [0.5, 0.6) is 5.75 Å². The monoisotopic (exact) mass is 828 g/mol. The van der Waals surface area contributed by atoms with Crippen molar-refractivity contribution in [2.45, 2.75) is 79.4 Å². The van der Waals surface area contributed by atoms with E-state index in [1.807, 2.05) is 6.92 Å². The second-order valence-corrected chi connectivity index (χ2v) is 14.5. The van der Waals surface area contributed by atoms with E-state index in [2.05, 4.69) is 27.5 Å². The second-order valence-electron chi connectivity index (χ2n) is 14.5. The van der Waals surface area contributed by atoms with Crippen LogP contribution in [0.2, 0.25) is 0 Å². The summed E-state index contributed by atoms with van der Waals surface area (Å²) < 4.78 is 26.5. The number of carbonyl (C=O) groups excluding carboxylic acids is 6. The SMILES string of the molecule is C=Cc1cc(C(=O)Nc2ccc(C(=N)NC(=O)OC(C)OC(=O)C(C)C)cc2)c(-c2ccc(C(=O)NCC3CC3)nc2C(=O)OC(C)OC(=O)C(N)C(C)CC)cc1OC. The zero-order valence-electron chi connectivity index (χ0n) is 34.7. The third-order valence-corrected chi connectivity index (χ3v) is 9.46. The molecular formula is C43H52N6O11. The molecule has 1 aromatic heterocycles. The average molecular weight is 829 g/mol. The third-order valence-electron chi connectivity index (χ3n) is 9.46. The molecule has 1 fully saturated rings. The van der Waals surface area contributed by atoms with Gasteiger partial charge in [-0.2, -0.15) is 0 Å². The van der Waals surface area contributed by atoms with E-state index in [1.54, 1.807) is 20.8 Å². The van der Waals surface area contributed by atoms with Gasteiger partial charge in [0.1, 0.15) is 23.3 Å². The summed E-state index contributed by atoms with van der Waals surface area (Å²) in [4.78, 5) is 82.3. The van der Waals surface area contributed by atoms with Crippen LogP contribution in [-0.4, -0.2) is 78.9 Å². The summed E-state index contributed by atoms with van der Waals surface area (Å²) in [5.74, 6) is -3.83. The third kappa shape index (κ3) is 12.4. The Morgan fingerprint density at radius 2 is 1.53 bits per heavy atom. The first kappa shape index (κ1) is 46.1. The van der Waals surface area contributed by atoms with Gasteiger partial charge in [-0.25, -0.2) is 14.6 Å². The number of hydrogen-bond donors (Lipinski definition) is 5. The molecule has 17 heteroatoms. The van der Waals surface area contributed by atoms with E-state index in [0.29, 0.717) is 35.9 Å². The highest BCUT2D eigenvalue weighted by Crippen LogP contribution is 2.35. The average Bonchev–Trinajstić information content (AvgIpc) is 4.06. The molecule has 60 heavy (non-hydrogen) atoms. The first-order chi connectivity index (χ1) is 28.4. The first-order valence-electron chi connectivity index (χ1n) is 19.5. The molecule has 3 amide bonds. The van der Waals surface area contributed by atoms with Gasteiger partial charge in [0, 0.05) is 53.9 Å². The fourth-order valence-corrected chi connectivity index (χ4v) is 5.51. The first-order valence-corrected chi connectivity index (χ1v) is 19.5. The van der Waals surface area contributed by atoms with Crippen molar-refractivity contribution in [2.75, 3.05) is 19.0 Å². The molecule has 0 bridgehead atoms. The van der Waals surface area contributed by atoms with Crippen molar-refractivity contribution in [1.82, 2.24) is 15.6 Å². The van der Waals surface area contributed by atoms with Gasteiger partial charge in [-0.1, -0.05) is 46.8 Å². The predicted molar refractivity (Wildman–Crippen MR) is 221 cm³/mol. The summed E-state index contributed by atoms with van der Waals surface area (Å²) in [5.41, 5.74) is 6.86. The van der Waals surface area contributed by atoms with Crippen molar-refractivity contribution >= 4 is 53.4 Å². The van der Waals surface area contributed by atoms with Gasteiger partial charge >= 0.3 is 24.0 Å². The minimum atomic E-state index is -1.40. The number of nitrogens with one attached hydrogen (secondary N) is 4. The summed E-state index contributed by atoms with van der Waals surface area (Å²) in [5, 5.41) is 16.2. The molecule has 1 saturated carbocycles. The quantitative estimate of drug-likeness (QED) is 0.0440. The minimum absolute atomic E-state index is 0.0417. The molecule has 320 valence electrons. The molecule has 1 aliphatic rings. The summed E-state index contributed by atoms with van der Waals surface area (Å²) in [7, 11) is 1.42. The van der Waals surface area contributed by atoms with Gasteiger partial charge in [0.2, 0.25) is 12.6 Å². The Kier molecular flexibility index (Phi) is 16.0. The standard InChI is InChI=1S/C43H52N6O11/c1-9-23(5)35(44)41(53)58-24(6)59-42(54)36-30(17-18-33(48-36)39(51)46-21-26-11-12-26)31-20-34(56-8)27(10-2)19-32(31)38(50)47-29-15-13-28(14-16-29)37(45)49-43(55)60-25(7)57-40(52)22(3)4/h10,13-20,22-26,35H,2,9,11-12,21,44H2,1,3-8H3,(H,46,51)(H,47,50)(H2,45,49,55). The van der Waals surface area contributed by atoms with Crippen LogP contribution in [0.1, 0.15) is 103 Å². The Morgan fingerprint density at radius 1 is 0.883 bits per heavy atom. The number of benzene rings is 2. The summed E-state index contributed by atoms with van der Waals surface area (Å²) in [6, 6.07) is 10.9. The molecule has 0 saturated heterocycles. The number of anilines is 1. The van der Waals surface area contributed by atoms with Gasteiger partial charge in [0.05, 0.1) is 13.0 Å². The molecule has 4 unspecified atom stereocenters. The van der Waals surface area contributed by atoms with Crippen LogP contribution in [-0.2, 0) is 28.5 Å². The van der Waals surface area contributed by atoms with Crippen molar-refractivity contribution in [1.29, 1.82) is 5.41 Å². The molecule has 17 nitrogen and oxygen atoms in total. The highest BCUT2D eigenvalue weighted by Gasteiger charge is 2.29. The molecule has 4 atom stereocenters. The van der Waals surface area contributed by atoms with E-state index in [-0.39, 0.29) is 45.4 Å². The van der Waals surface area contributed by atoms with E-state index < -0.39 is 60.4 Å². The number of pyridine rings is 1. The lowest BCUT2D eigenvalue weighted by Crippen LogP contribution is -2.40. The van der Waals surface area contributed by atoms with Crippen molar-refractivity contribution in [3.63, 3.8) is 0 Å². The number of nitrogens with zero attached hydrogens (tertiary/aromatic N) is 1. The molecule has 0 spiro atoms. The zero-order valence-corrected chi connectivity index (χ0v) is 34.7. The lowest BCUT2D eigenvalue weighted by molar-refractivity contribution is -0.169. The molecule has 6 N–H and O–H groups in total. The number of ether oxygens (including phenoxy) is 5. The van der Waals surface area contributed by atoms with Crippen LogP contribution >= 0.6 is 0 Å². The van der Waals surface area contributed by atoms with E-state index in [4.69, 9.17) is 34.8 Å². The van der Waals surface area contributed by atoms with Crippen LogP contribution in [0, 0.1) is 23.2 Å². The fourth-order valence-electron chi connectivity index (χ4n) is 5.51. The van der Waals surface area contributed by atoms with Gasteiger partial charge in [0.15, 0.2) is 5.69 Å². The van der Waals surface area contributed by atoms with Gasteiger partial charge in [-0.3, -0.25) is 29.9 Å². The molecular weight excluding hydrogens is 777 g/mol. The number of hydrogen-bond acceptors (Lipinski definition) is 14. The Bertz CT molecular complexity index is 2120. The Morgan fingerprint density at radius 3 is 2.13 bits per heavy atom. The lowest BCUT2D eigenvalue weighted by atomic mass is 9.94. The number of carbonyl (C=O) groups is 6. The number of amides is 3. The maximum absolute atomic E-state index is 14.1. The van der Waals surface area contributed by atoms with Crippen LogP contribution < -0.4 is 26.4 Å². The van der Waals surface area contributed by atoms with Crippen molar-refractivity contribution in [3.8, 4) is 16.9 Å². The second kappa shape index (κ2) is 20.9. The van der Waals surface area contributed by atoms with Crippen molar-refractivity contribution in [3.05, 3.63) is 83.2 Å². The summed E-state index contributed by atoms with van der Waals surface area (Å²) in [6.07, 6.45) is 0.485. The maximum atomic E-state index is 14.1. The van der Waals surface area contributed by atoms with Crippen LogP contribution in [0.25, 0.3) is 17.2 Å². The smallest absolute Gasteiger partial charge is 0.415 e. The number of nitrogens with two attached hydrogens (primary N) is 1. The van der Waals surface area contributed by atoms with Crippen LogP contribution in [0.3, 0.4) is 0 Å². The normalized spacial score (nSPS) is 14.0. The highest BCUT2D eigenvalue weighted by molar-refractivity contribution is 6.11. The molecule has 1 heterocycles. The molecule has 0 aliphatic heterocycles. The van der Waals surface area contributed by atoms with Gasteiger partial charge in [-0.05, 0) is 73.2 Å². The highest BCUT2D eigenvalue weighted by atomic mass is 16.7. The topological polar surface area (TPSA) is 247 Å². The van der Waals surface area contributed by atoms with Gasteiger partial charge in [0.25, 0.3) is 11.8 Å².